The lowest BCUT2D eigenvalue weighted by Gasteiger charge is -2.13. The smallest absolute Gasteiger partial charge is 0.0948 e. The van der Waals surface area contributed by atoms with Crippen LogP contribution in [0.2, 0.25) is 0 Å². The topological polar surface area (TPSA) is 70.2 Å². The lowest BCUT2D eigenvalue weighted by atomic mass is 10.2. The predicted octanol–water partition coefficient (Wildman–Crippen LogP) is -0.433. The molecule has 14 heavy (non-hydrogen) atoms. The van der Waals surface area contributed by atoms with E-state index < -0.39 is 6.10 Å². The first-order valence-corrected chi connectivity index (χ1v) is 4.75. The zero-order chi connectivity index (χ0) is 9.97. The van der Waals surface area contributed by atoms with Crippen LogP contribution in [0.15, 0.2) is 6.20 Å². The number of rotatable bonds is 3. The van der Waals surface area contributed by atoms with Gasteiger partial charge in [0.25, 0.3) is 0 Å². The number of aromatic amines is 1. The first-order chi connectivity index (χ1) is 6.77. The number of aliphatic hydroxyl groups excluding tert-OH is 1. The van der Waals surface area contributed by atoms with Crippen LogP contribution in [-0.2, 0) is 11.3 Å². The molecular weight excluding hydrogens is 182 g/mol. The van der Waals surface area contributed by atoms with E-state index in [9.17, 15) is 5.11 Å². The Morgan fingerprint density at radius 1 is 1.71 bits per heavy atom. The van der Waals surface area contributed by atoms with Crippen molar-refractivity contribution in [1.82, 2.24) is 15.5 Å². The highest BCUT2D eigenvalue weighted by atomic mass is 16.5. The van der Waals surface area contributed by atoms with Crippen molar-refractivity contribution in [3.8, 4) is 0 Å². The van der Waals surface area contributed by atoms with Gasteiger partial charge in [-0.2, -0.15) is 5.10 Å². The highest BCUT2D eigenvalue weighted by Crippen LogP contribution is 2.07. The average Bonchev–Trinajstić information content (AvgIpc) is 2.72. The van der Waals surface area contributed by atoms with Crippen LogP contribution in [0.4, 0.5) is 0 Å². The van der Waals surface area contributed by atoms with Gasteiger partial charge in [-0.25, -0.2) is 0 Å². The Balaban J connectivity index is 1.85. The lowest BCUT2D eigenvalue weighted by molar-refractivity contribution is 0.122. The van der Waals surface area contributed by atoms with Gasteiger partial charge in [0.1, 0.15) is 0 Å². The van der Waals surface area contributed by atoms with Gasteiger partial charge in [-0.3, -0.25) is 5.10 Å². The summed E-state index contributed by atoms with van der Waals surface area (Å²) >= 11 is 0. The molecule has 1 aliphatic rings. The van der Waals surface area contributed by atoms with Crippen molar-refractivity contribution in [2.75, 3.05) is 13.2 Å². The third kappa shape index (κ3) is 1.95. The van der Waals surface area contributed by atoms with Crippen LogP contribution < -0.4 is 5.32 Å². The summed E-state index contributed by atoms with van der Waals surface area (Å²) in [6.07, 6.45) is 1.40. The molecule has 0 bridgehead atoms. The first kappa shape index (κ1) is 9.64. The minimum atomic E-state index is -0.391. The Morgan fingerprint density at radius 3 is 3.14 bits per heavy atom. The highest BCUT2D eigenvalue weighted by molar-refractivity contribution is 5.13. The maximum atomic E-state index is 9.47. The zero-order valence-electron chi connectivity index (χ0n) is 8.16. The van der Waals surface area contributed by atoms with Crippen LogP contribution in [0.3, 0.4) is 0 Å². The molecule has 2 unspecified atom stereocenters. The third-order valence-electron chi connectivity index (χ3n) is 2.53. The van der Waals surface area contributed by atoms with E-state index >= 15 is 0 Å². The van der Waals surface area contributed by atoms with E-state index in [1.54, 1.807) is 6.20 Å². The van der Waals surface area contributed by atoms with Crippen molar-refractivity contribution in [3.05, 3.63) is 17.5 Å². The number of nitrogens with zero attached hydrogens (tertiary/aromatic N) is 1. The minimum Gasteiger partial charge on any atom is -0.389 e. The molecule has 0 saturated carbocycles. The molecule has 0 amide bonds. The Hall–Kier alpha value is -0.910. The zero-order valence-corrected chi connectivity index (χ0v) is 8.16. The second-order valence-electron chi connectivity index (χ2n) is 3.62. The highest BCUT2D eigenvalue weighted by Gasteiger charge is 2.25. The molecule has 5 nitrogen and oxygen atoms in total. The molecule has 3 N–H and O–H groups in total. The molecule has 5 heteroatoms. The number of aliphatic hydroxyl groups is 1. The first-order valence-electron chi connectivity index (χ1n) is 4.75. The molecule has 0 spiro atoms. The summed E-state index contributed by atoms with van der Waals surface area (Å²) in [7, 11) is 0. The van der Waals surface area contributed by atoms with Crippen LogP contribution in [0.1, 0.15) is 11.3 Å². The van der Waals surface area contributed by atoms with E-state index in [-0.39, 0.29) is 6.04 Å². The maximum Gasteiger partial charge on any atom is 0.0948 e. The predicted molar refractivity (Wildman–Crippen MR) is 50.8 cm³/mol. The van der Waals surface area contributed by atoms with Gasteiger partial charge in [0.05, 0.1) is 37.3 Å². The van der Waals surface area contributed by atoms with Crippen molar-refractivity contribution in [2.24, 2.45) is 0 Å². The van der Waals surface area contributed by atoms with E-state index in [2.05, 4.69) is 15.5 Å². The van der Waals surface area contributed by atoms with Crippen LogP contribution in [0.25, 0.3) is 0 Å². The summed E-state index contributed by atoms with van der Waals surface area (Å²) in [4.78, 5) is 0. The van der Waals surface area contributed by atoms with Crippen LogP contribution in [0.5, 0.6) is 0 Å². The van der Waals surface area contributed by atoms with E-state index in [1.165, 1.54) is 0 Å². The Morgan fingerprint density at radius 2 is 2.57 bits per heavy atom. The van der Waals surface area contributed by atoms with E-state index in [1.807, 2.05) is 6.92 Å². The van der Waals surface area contributed by atoms with Crippen LogP contribution >= 0.6 is 0 Å². The fraction of sp³-hybridized carbons (Fsp3) is 0.667. The molecule has 2 rings (SSSR count). The molecule has 1 aliphatic heterocycles. The number of aryl methyl sites for hydroxylation is 1. The number of hydrogen-bond donors (Lipinski definition) is 3. The van der Waals surface area contributed by atoms with Crippen LogP contribution in [-0.4, -0.2) is 40.7 Å². The van der Waals surface area contributed by atoms with Crippen molar-refractivity contribution in [2.45, 2.75) is 25.6 Å². The van der Waals surface area contributed by atoms with Gasteiger partial charge >= 0.3 is 0 Å². The number of nitrogens with one attached hydrogen (secondary N) is 2. The summed E-state index contributed by atoms with van der Waals surface area (Å²) in [5.41, 5.74) is 2.19. The molecule has 1 fully saturated rings. The minimum absolute atomic E-state index is 0.0395. The molecule has 0 aromatic carbocycles. The Bertz CT molecular complexity index is 300. The van der Waals surface area contributed by atoms with Crippen molar-refractivity contribution in [3.63, 3.8) is 0 Å². The molecule has 2 heterocycles. The van der Waals surface area contributed by atoms with Gasteiger partial charge in [0, 0.05) is 6.54 Å². The number of hydrogen-bond acceptors (Lipinski definition) is 4. The normalized spacial score (nSPS) is 27.0. The largest absolute Gasteiger partial charge is 0.389 e. The number of ether oxygens (including phenoxy) is 1. The SMILES string of the molecule is Cc1cn[nH]c1CNC1COCC1O. The summed E-state index contributed by atoms with van der Waals surface area (Å²) < 4.78 is 5.13. The standard InChI is InChI=1S/C9H15N3O2/c1-6-2-11-12-7(6)3-10-8-4-14-5-9(8)13/h2,8-10,13H,3-5H2,1H3,(H,11,12). The monoisotopic (exact) mass is 197 g/mol. The van der Waals surface area contributed by atoms with Gasteiger partial charge in [0.2, 0.25) is 0 Å². The number of H-pyrrole nitrogens is 1. The second kappa shape index (κ2) is 4.08. The molecule has 0 aliphatic carbocycles. The average molecular weight is 197 g/mol. The van der Waals surface area contributed by atoms with Crippen molar-refractivity contribution >= 4 is 0 Å². The second-order valence-corrected chi connectivity index (χ2v) is 3.62. The van der Waals surface area contributed by atoms with Gasteiger partial charge in [-0.15, -0.1) is 0 Å². The summed E-state index contributed by atoms with van der Waals surface area (Å²) in [5.74, 6) is 0. The molecule has 0 radical (unpaired) electrons. The maximum absolute atomic E-state index is 9.47. The lowest BCUT2D eigenvalue weighted by Crippen LogP contribution is -2.38. The quantitative estimate of drug-likeness (QED) is 0.615. The van der Waals surface area contributed by atoms with Gasteiger partial charge in [-0.1, -0.05) is 0 Å². The summed E-state index contributed by atoms with van der Waals surface area (Å²) in [5, 5.41) is 19.5. The van der Waals surface area contributed by atoms with E-state index in [0.717, 1.165) is 11.3 Å². The van der Waals surface area contributed by atoms with E-state index in [0.29, 0.717) is 19.8 Å². The fourth-order valence-corrected chi connectivity index (χ4v) is 1.52. The fourth-order valence-electron chi connectivity index (χ4n) is 1.52. The Kier molecular flexibility index (Phi) is 2.81. The van der Waals surface area contributed by atoms with Gasteiger partial charge < -0.3 is 15.2 Å². The molecule has 1 aromatic heterocycles. The van der Waals surface area contributed by atoms with Crippen molar-refractivity contribution < 1.29 is 9.84 Å². The van der Waals surface area contributed by atoms with E-state index in [4.69, 9.17) is 4.74 Å². The third-order valence-corrected chi connectivity index (χ3v) is 2.53. The van der Waals surface area contributed by atoms with Crippen LogP contribution in [0, 0.1) is 6.92 Å². The summed E-state index contributed by atoms with van der Waals surface area (Å²) in [6, 6.07) is 0.0395. The Labute approximate surface area is 82.5 Å². The molecule has 78 valence electrons. The van der Waals surface area contributed by atoms with Gasteiger partial charge in [-0.05, 0) is 12.5 Å². The van der Waals surface area contributed by atoms with Gasteiger partial charge in [0.15, 0.2) is 0 Å². The molecule has 2 atom stereocenters. The summed E-state index contributed by atoms with van der Waals surface area (Å²) in [6.45, 7) is 3.70. The molecular formula is C9H15N3O2. The molecule has 1 saturated heterocycles. The number of aromatic nitrogens is 2. The molecule has 1 aromatic rings. The van der Waals surface area contributed by atoms with Crippen molar-refractivity contribution in [1.29, 1.82) is 0 Å².